The number of nitrogens with two attached hydrogens (primary N) is 1. The van der Waals surface area contributed by atoms with Gasteiger partial charge in [-0.25, -0.2) is 0 Å². The highest BCUT2D eigenvalue weighted by Gasteiger charge is 2.23. The van der Waals surface area contributed by atoms with Crippen molar-refractivity contribution in [2.75, 3.05) is 6.54 Å². The van der Waals surface area contributed by atoms with Crippen LogP contribution in [0.25, 0.3) is 5.57 Å². The number of carboxylic acids is 1. The van der Waals surface area contributed by atoms with E-state index >= 15 is 0 Å². The Bertz CT molecular complexity index is 837. The highest BCUT2D eigenvalue weighted by Crippen LogP contribution is 2.39. The first-order chi connectivity index (χ1) is 11.9. The second-order valence-electron chi connectivity index (χ2n) is 7.10. The Hall–Kier alpha value is -2.59. The van der Waals surface area contributed by atoms with Gasteiger partial charge in [-0.2, -0.15) is 0 Å². The van der Waals surface area contributed by atoms with Crippen molar-refractivity contribution in [2.45, 2.75) is 26.9 Å². The molecule has 3 rings (SSSR count). The summed E-state index contributed by atoms with van der Waals surface area (Å²) in [5.41, 5.74) is 10.7. The highest BCUT2D eigenvalue weighted by atomic mass is 16.5. The van der Waals surface area contributed by atoms with E-state index in [1.54, 1.807) is 0 Å². The van der Waals surface area contributed by atoms with Crippen molar-refractivity contribution in [2.24, 2.45) is 11.1 Å². The third-order valence-corrected chi connectivity index (χ3v) is 4.44. The van der Waals surface area contributed by atoms with Gasteiger partial charge in [-0.05, 0) is 39.8 Å². The summed E-state index contributed by atoms with van der Waals surface area (Å²) in [7, 11) is 0. The van der Waals surface area contributed by atoms with Crippen LogP contribution >= 0.6 is 0 Å². The van der Waals surface area contributed by atoms with Gasteiger partial charge in [0.2, 0.25) is 0 Å². The van der Waals surface area contributed by atoms with Gasteiger partial charge < -0.3 is 15.6 Å². The zero-order valence-electron chi connectivity index (χ0n) is 14.6. The maximum Gasteiger partial charge on any atom is 0.307 e. The molecule has 3 N–H and O–H groups in total. The molecule has 0 saturated heterocycles. The Morgan fingerprint density at radius 2 is 2.00 bits per heavy atom. The molecular formula is C21H23NO3. The normalized spacial score (nSPS) is 15.1. The molecular weight excluding hydrogens is 314 g/mol. The van der Waals surface area contributed by atoms with Crippen molar-refractivity contribution >= 4 is 11.5 Å². The first-order valence-electron chi connectivity index (χ1n) is 8.39. The van der Waals surface area contributed by atoms with E-state index in [-0.39, 0.29) is 11.8 Å². The van der Waals surface area contributed by atoms with Gasteiger partial charge in [-0.15, -0.1) is 0 Å². The third kappa shape index (κ3) is 3.74. The summed E-state index contributed by atoms with van der Waals surface area (Å²) in [5, 5.41) is 9.11. The lowest BCUT2D eigenvalue weighted by Gasteiger charge is -2.21. The first kappa shape index (κ1) is 17.2. The van der Waals surface area contributed by atoms with Crippen molar-refractivity contribution in [1.29, 1.82) is 0 Å². The number of fused-ring (bicyclic) bond motifs is 2. The molecule has 0 bridgehead atoms. The summed E-state index contributed by atoms with van der Waals surface area (Å²) >= 11 is 0. The minimum Gasteiger partial charge on any atom is -0.488 e. The van der Waals surface area contributed by atoms with Crippen LogP contribution in [0.5, 0.6) is 5.75 Å². The van der Waals surface area contributed by atoms with Crippen LogP contribution in [-0.4, -0.2) is 17.6 Å². The quantitative estimate of drug-likeness (QED) is 0.894. The fourth-order valence-electron chi connectivity index (χ4n) is 3.01. The fraction of sp³-hybridized carbons (Fsp3) is 0.286. The molecule has 2 aromatic rings. The summed E-state index contributed by atoms with van der Waals surface area (Å²) < 4.78 is 5.99. The van der Waals surface area contributed by atoms with E-state index in [2.05, 4.69) is 32.1 Å². The van der Waals surface area contributed by atoms with Gasteiger partial charge in [0.15, 0.2) is 0 Å². The zero-order chi connectivity index (χ0) is 18.0. The van der Waals surface area contributed by atoms with Crippen molar-refractivity contribution in [3.8, 4) is 5.75 Å². The van der Waals surface area contributed by atoms with E-state index in [4.69, 9.17) is 15.6 Å². The lowest BCUT2D eigenvalue weighted by molar-refractivity contribution is -0.136. The highest BCUT2D eigenvalue weighted by molar-refractivity contribution is 5.86. The Morgan fingerprint density at radius 1 is 1.24 bits per heavy atom. The summed E-state index contributed by atoms with van der Waals surface area (Å²) in [6, 6.07) is 13.7. The number of carboxylic acid groups (broad SMARTS) is 1. The first-order valence-corrected chi connectivity index (χ1v) is 8.39. The molecule has 4 heteroatoms. The molecule has 130 valence electrons. The van der Waals surface area contributed by atoms with E-state index in [9.17, 15) is 4.79 Å². The number of rotatable bonds is 4. The van der Waals surface area contributed by atoms with Crippen LogP contribution < -0.4 is 10.5 Å². The number of ether oxygens (including phenoxy) is 1. The van der Waals surface area contributed by atoms with Crippen molar-refractivity contribution in [1.82, 2.24) is 0 Å². The molecule has 1 aliphatic heterocycles. The predicted molar refractivity (Wildman–Crippen MR) is 98.5 cm³/mol. The fourth-order valence-corrected chi connectivity index (χ4v) is 3.01. The van der Waals surface area contributed by atoms with E-state index in [0.29, 0.717) is 13.2 Å². The molecule has 1 heterocycles. The largest absolute Gasteiger partial charge is 0.488 e. The molecule has 25 heavy (non-hydrogen) atoms. The average Bonchev–Trinajstić information content (AvgIpc) is 2.72. The molecule has 0 aliphatic carbocycles. The maximum absolute atomic E-state index is 11.1. The van der Waals surface area contributed by atoms with Gasteiger partial charge in [-0.3, -0.25) is 4.79 Å². The van der Waals surface area contributed by atoms with Crippen LogP contribution in [0.4, 0.5) is 0 Å². The number of aliphatic carboxylic acids is 1. The molecule has 0 radical (unpaired) electrons. The molecule has 4 nitrogen and oxygen atoms in total. The molecule has 2 aromatic carbocycles. The molecule has 0 spiro atoms. The Balaban J connectivity index is 2.22. The van der Waals surface area contributed by atoms with Crippen LogP contribution in [0.2, 0.25) is 0 Å². The molecule has 0 saturated carbocycles. The summed E-state index contributed by atoms with van der Waals surface area (Å²) in [4.78, 5) is 11.1. The van der Waals surface area contributed by atoms with Crippen molar-refractivity contribution < 1.29 is 14.6 Å². The van der Waals surface area contributed by atoms with Crippen LogP contribution in [0.15, 0.2) is 48.5 Å². The minimum atomic E-state index is -0.845. The molecule has 0 unspecified atom stereocenters. The molecule has 0 amide bonds. The Morgan fingerprint density at radius 3 is 2.72 bits per heavy atom. The number of hydrogen-bond acceptors (Lipinski definition) is 3. The summed E-state index contributed by atoms with van der Waals surface area (Å²) in [6.07, 6.45) is 2.16. The van der Waals surface area contributed by atoms with Crippen LogP contribution in [0, 0.1) is 5.41 Å². The Labute approximate surface area is 147 Å². The Kier molecular flexibility index (Phi) is 4.64. The molecule has 1 aliphatic rings. The van der Waals surface area contributed by atoms with Gasteiger partial charge in [0.1, 0.15) is 12.4 Å². The molecule has 0 atom stereocenters. The van der Waals surface area contributed by atoms with E-state index in [1.165, 1.54) is 0 Å². The van der Waals surface area contributed by atoms with Gasteiger partial charge in [0.05, 0.1) is 6.42 Å². The van der Waals surface area contributed by atoms with Gasteiger partial charge in [0, 0.05) is 12.1 Å². The van der Waals surface area contributed by atoms with Crippen molar-refractivity contribution in [3.63, 3.8) is 0 Å². The van der Waals surface area contributed by atoms with E-state index in [0.717, 1.165) is 33.6 Å². The standard InChI is InChI=1S/C21H23NO3/c1-21(2,13-22)11-18-16-6-4-3-5-15(16)12-25-19-8-7-14(9-17(18)19)10-20(23)24/h3-9,11H,10,12-13,22H2,1-2H3,(H,23,24)/b18-11-. The lowest BCUT2D eigenvalue weighted by atomic mass is 9.84. The van der Waals surface area contributed by atoms with Gasteiger partial charge >= 0.3 is 5.97 Å². The predicted octanol–water partition coefficient (Wildman–Crippen LogP) is 3.62. The number of benzene rings is 2. The van der Waals surface area contributed by atoms with E-state index in [1.807, 2.05) is 30.3 Å². The monoisotopic (exact) mass is 337 g/mol. The number of hydrogen-bond donors (Lipinski definition) is 2. The average molecular weight is 337 g/mol. The third-order valence-electron chi connectivity index (χ3n) is 4.44. The zero-order valence-corrected chi connectivity index (χ0v) is 14.6. The second-order valence-corrected chi connectivity index (χ2v) is 7.10. The lowest BCUT2D eigenvalue weighted by Crippen LogP contribution is -2.21. The summed E-state index contributed by atoms with van der Waals surface area (Å²) in [5.74, 6) is -0.0767. The SMILES string of the molecule is CC(C)(/C=C1/c2ccccc2COc2ccc(CC(=O)O)cc21)CN. The number of carbonyl (C=O) groups is 1. The summed E-state index contributed by atoms with van der Waals surface area (Å²) in [6.45, 7) is 5.19. The topological polar surface area (TPSA) is 72.5 Å². The maximum atomic E-state index is 11.1. The van der Waals surface area contributed by atoms with Gasteiger partial charge in [-0.1, -0.05) is 50.3 Å². The second kappa shape index (κ2) is 6.73. The molecule has 0 fully saturated rings. The van der Waals surface area contributed by atoms with Gasteiger partial charge in [0.25, 0.3) is 0 Å². The van der Waals surface area contributed by atoms with E-state index < -0.39 is 5.97 Å². The van der Waals surface area contributed by atoms with Crippen LogP contribution in [0.3, 0.4) is 0 Å². The van der Waals surface area contributed by atoms with Crippen molar-refractivity contribution in [3.05, 3.63) is 70.8 Å². The van der Waals surface area contributed by atoms with Crippen LogP contribution in [-0.2, 0) is 17.8 Å². The van der Waals surface area contributed by atoms with Crippen LogP contribution in [0.1, 0.15) is 36.1 Å². The molecule has 0 aromatic heterocycles. The minimum absolute atomic E-state index is 0.0114. The smallest absolute Gasteiger partial charge is 0.307 e.